The van der Waals surface area contributed by atoms with Crippen molar-refractivity contribution in [3.05, 3.63) is 24.6 Å². The molecule has 248 valence electrons. The summed E-state index contributed by atoms with van der Waals surface area (Å²) in [7, 11) is 0. The molecule has 1 saturated heterocycles. The predicted octanol–water partition coefficient (Wildman–Crippen LogP) is 6.85. The molecule has 0 unspecified atom stereocenters. The molecule has 3 aliphatic heterocycles. The first-order valence-electron chi connectivity index (χ1n) is 17.6. The molecule has 0 N–H and O–H groups in total. The Hall–Kier alpha value is -1.08. The van der Waals surface area contributed by atoms with Crippen LogP contribution < -0.4 is 0 Å². The Morgan fingerprint density at radius 1 is 0.333 bits per heavy atom. The minimum atomic E-state index is 0.636. The summed E-state index contributed by atoms with van der Waals surface area (Å²) in [6.45, 7) is 39.5. The summed E-state index contributed by atoms with van der Waals surface area (Å²) >= 11 is 0. The average Bonchev–Trinajstić information content (AvgIpc) is 2.83. The highest BCUT2D eigenvalue weighted by Crippen LogP contribution is 2.11. The van der Waals surface area contributed by atoms with E-state index in [0.29, 0.717) is 24.2 Å². The maximum atomic E-state index is 2.61. The second-order valence-electron chi connectivity index (χ2n) is 14.3. The zero-order valence-electron chi connectivity index (χ0n) is 30.4. The Morgan fingerprint density at radius 2 is 0.595 bits per heavy atom. The molecule has 3 rings (SSSR count). The Morgan fingerprint density at radius 3 is 0.857 bits per heavy atom. The van der Waals surface area contributed by atoms with Gasteiger partial charge in [0.25, 0.3) is 0 Å². The fraction of sp³-hybridized carbons (Fsp3) is 0.889. The second kappa shape index (κ2) is 21.6. The molecule has 0 aliphatic carbocycles. The van der Waals surface area contributed by atoms with Gasteiger partial charge in [-0.1, -0.05) is 12.2 Å². The molecule has 0 radical (unpaired) electrons. The molecule has 3 aliphatic rings. The Labute approximate surface area is 264 Å². The van der Waals surface area contributed by atoms with Gasteiger partial charge >= 0.3 is 0 Å². The number of rotatable bonds is 6. The van der Waals surface area contributed by atoms with E-state index in [9.17, 15) is 0 Å². The van der Waals surface area contributed by atoms with Gasteiger partial charge in [0.2, 0.25) is 0 Å². The maximum absolute atomic E-state index is 2.61. The van der Waals surface area contributed by atoms with Gasteiger partial charge in [0.1, 0.15) is 0 Å². The van der Waals surface area contributed by atoms with Crippen LogP contribution in [-0.4, -0.2) is 131 Å². The lowest BCUT2D eigenvalue weighted by Crippen LogP contribution is -2.41. The van der Waals surface area contributed by atoms with Crippen LogP contribution in [0.5, 0.6) is 0 Å². The van der Waals surface area contributed by atoms with Crippen LogP contribution >= 0.6 is 0 Å². The molecule has 0 bridgehead atoms. The van der Waals surface area contributed by atoms with Crippen molar-refractivity contribution in [3.8, 4) is 0 Å². The van der Waals surface area contributed by atoms with Gasteiger partial charge in [-0.2, -0.15) is 0 Å². The fourth-order valence-corrected chi connectivity index (χ4v) is 5.89. The summed E-state index contributed by atoms with van der Waals surface area (Å²) < 4.78 is 0. The highest BCUT2D eigenvalue weighted by molar-refractivity contribution is 4.91. The SMILES string of the molecule is CC(C)N1/C=C\CN(C(C)C)CCC1.CC(C)N1/C=C\CN(C(C)C)CCC1.CC(C)N1CCCN(C(C)C)CCC1. The van der Waals surface area contributed by atoms with Gasteiger partial charge in [-0.05, 0) is 147 Å². The molecule has 0 spiro atoms. The van der Waals surface area contributed by atoms with Crippen LogP contribution in [0.1, 0.15) is 109 Å². The van der Waals surface area contributed by atoms with Crippen LogP contribution in [0.2, 0.25) is 0 Å². The van der Waals surface area contributed by atoms with Crippen molar-refractivity contribution >= 4 is 0 Å². The predicted molar refractivity (Wildman–Crippen MR) is 187 cm³/mol. The zero-order valence-corrected chi connectivity index (χ0v) is 30.4. The van der Waals surface area contributed by atoms with E-state index >= 15 is 0 Å². The smallest absolute Gasteiger partial charge is 0.0227 e. The fourth-order valence-electron chi connectivity index (χ4n) is 5.89. The average molecular weight is 591 g/mol. The molecule has 6 nitrogen and oxygen atoms in total. The van der Waals surface area contributed by atoms with Crippen LogP contribution in [0.15, 0.2) is 24.6 Å². The lowest BCUT2D eigenvalue weighted by molar-refractivity contribution is 0.139. The topological polar surface area (TPSA) is 19.4 Å². The van der Waals surface area contributed by atoms with Gasteiger partial charge in [-0.25, -0.2) is 0 Å². The molecule has 0 aromatic rings. The first-order valence-corrected chi connectivity index (χ1v) is 17.6. The van der Waals surface area contributed by atoms with E-state index in [-0.39, 0.29) is 0 Å². The molecule has 6 heteroatoms. The molecule has 0 aromatic heterocycles. The summed E-state index contributed by atoms with van der Waals surface area (Å²) in [5, 5.41) is 0. The first kappa shape index (κ1) is 38.9. The molecule has 0 saturated carbocycles. The van der Waals surface area contributed by atoms with Crippen molar-refractivity contribution in [3.63, 3.8) is 0 Å². The summed E-state index contributed by atoms with van der Waals surface area (Å²) in [6.07, 6.45) is 14.3. The molecule has 1 fully saturated rings. The lowest BCUT2D eigenvalue weighted by atomic mass is 10.2. The minimum Gasteiger partial charge on any atom is -0.375 e. The Kier molecular flexibility index (Phi) is 20.0. The number of hydrogen-bond acceptors (Lipinski definition) is 6. The maximum Gasteiger partial charge on any atom is 0.0227 e. The molecular formula is C36H74N6. The van der Waals surface area contributed by atoms with Crippen molar-refractivity contribution in [1.29, 1.82) is 0 Å². The third-order valence-electron chi connectivity index (χ3n) is 9.03. The van der Waals surface area contributed by atoms with E-state index in [1.54, 1.807) is 0 Å². The van der Waals surface area contributed by atoms with E-state index in [1.807, 2.05) is 0 Å². The van der Waals surface area contributed by atoms with Gasteiger partial charge < -0.3 is 19.6 Å². The second-order valence-corrected chi connectivity index (χ2v) is 14.3. The molecule has 0 amide bonds. The van der Waals surface area contributed by atoms with E-state index < -0.39 is 0 Å². The molecule has 42 heavy (non-hydrogen) atoms. The Bertz CT molecular complexity index is 646. The van der Waals surface area contributed by atoms with E-state index in [1.165, 1.54) is 78.0 Å². The van der Waals surface area contributed by atoms with Crippen molar-refractivity contribution in [1.82, 2.24) is 29.4 Å². The monoisotopic (exact) mass is 591 g/mol. The van der Waals surface area contributed by atoms with Gasteiger partial charge in [0.05, 0.1) is 0 Å². The van der Waals surface area contributed by atoms with Crippen LogP contribution in [0.3, 0.4) is 0 Å². The van der Waals surface area contributed by atoms with Crippen LogP contribution in [-0.2, 0) is 0 Å². The van der Waals surface area contributed by atoms with Gasteiger partial charge in [0, 0.05) is 75.5 Å². The largest absolute Gasteiger partial charge is 0.375 e. The van der Waals surface area contributed by atoms with E-state index in [0.717, 1.165) is 25.2 Å². The highest BCUT2D eigenvalue weighted by Gasteiger charge is 2.16. The van der Waals surface area contributed by atoms with Crippen molar-refractivity contribution < 1.29 is 0 Å². The third-order valence-corrected chi connectivity index (χ3v) is 9.03. The molecule has 0 atom stereocenters. The normalized spacial score (nSPS) is 22.6. The third kappa shape index (κ3) is 16.1. The van der Waals surface area contributed by atoms with Crippen LogP contribution in [0.25, 0.3) is 0 Å². The molecule has 3 heterocycles. The zero-order chi connectivity index (χ0) is 31.7. The van der Waals surface area contributed by atoms with Gasteiger partial charge in [0.15, 0.2) is 0 Å². The molecule has 0 aromatic carbocycles. The summed E-state index contributed by atoms with van der Waals surface area (Å²) in [5.41, 5.74) is 0. The van der Waals surface area contributed by atoms with E-state index in [2.05, 4.69) is 137 Å². The highest BCUT2D eigenvalue weighted by atomic mass is 15.2. The Balaban J connectivity index is 0.000000315. The quantitative estimate of drug-likeness (QED) is 0.335. The van der Waals surface area contributed by atoms with Crippen LogP contribution in [0.4, 0.5) is 0 Å². The molecular weight excluding hydrogens is 516 g/mol. The first-order chi connectivity index (χ1) is 19.8. The minimum absolute atomic E-state index is 0.636. The van der Waals surface area contributed by atoms with Crippen molar-refractivity contribution in [2.24, 2.45) is 0 Å². The van der Waals surface area contributed by atoms with Crippen LogP contribution in [0, 0.1) is 0 Å². The van der Waals surface area contributed by atoms with E-state index in [4.69, 9.17) is 0 Å². The van der Waals surface area contributed by atoms with Crippen molar-refractivity contribution in [2.45, 2.75) is 145 Å². The summed E-state index contributed by atoms with van der Waals surface area (Å²) in [4.78, 5) is 15.1. The van der Waals surface area contributed by atoms with Crippen molar-refractivity contribution in [2.75, 3.05) is 65.4 Å². The van der Waals surface area contributed by atoms with Gasteiger partial charge in [-0.3, -0.25) is 9.80 Å². The van der Waals surface area contributed by atoms with Gasteiger partial charge in [-0.15, -0.1) is 0 Å². The summed E-state index contributed by atoms with van der Waals surface area (Å²) in [5.74, 6) is 0. The number of nitrogens with zero attached hydrogens (tertiary/aromatic N) is 6. The number of hydrogen-bond donors (Lipinski definition) is 0. The summed E-state index contributed by atoms with van der Waals surface area (Å²) in [6, 6.07) is 4.06. The standard InChI is InChI=1S/C12H26N2.2C12H24N2/c3*1-11(2)13-7-5-9-14(12(3)4)10-6-8-13/h11-12H,5-10H2,1-4H3;2*5,7,11-12H,6,8-10H2,1-4H3/b;2*7-5-. The lowest BCUT2D eigenvalue weighted by Gasteiger charge is -2.34.